The summed E-state index contributed by atoms with van der Waals surface area (Å²) in [5.74, 6) is 0.693. The van der Waals surface area contributed by atoms with Crippen molar-refractivity contribution < 1.29 is 18.6 Å². The van der Waals surface area contributed by atoms with Crippen LogP contribution in [-0.2, 0) is 13.1 Å². The van der Waals surface area contributed by atoms with E-state index in [4.69, 9.17) is 19.9 Å². The molecule has 0 bridgehead atoms. The summed E-state index contributed by atoms with van der Waals surface area (Å²) in [6, 6.07) is 9.05. The number of hydrogen-bond donors (Lipinski definition) is 1. The number of methoxy groups -OCH3 is 2. The molecule has 6 rings (SSSR count). The van der Waals surface area contributed by atoms with Gasteiger partial charge in [-0.25, -0.2) is 14.4 Å². The Morgan fingerprint density at radius 2 is 2.02 bits per heavy atom. The maximum atomic E-state index is 15.1. The molecule has 0 saturated carbocycles. The normalized spacial score (nSPS) is 18.3. The van der Waals surface area contributed by atoms with Gasteiger partial charge in [-0.3, -0.25) is 9.69 Å². The van der Waals surface area contributed by atoms with Crippen LogP contribution in [-0.4, -0.2) is 59.4 Å². The van der Waals surface area contributed by atoms with Crippen LogP contribution in [0.1, 0.15) is 36.9 Å². The molecule has 1 aromatic carbocycles. The van der Waals surface area contributed by atoms with Crippen molar-refractivity contribution in [2.75, 3.05) is 44.5 Å². The Bertz CT molecular complexity index is 1660. The van der Waals surface area contributed by atoms with Crippen LogP contribution in [0, 0.1) is 5.82 Å². The van der Waals surface area contributed by atoms with Crippen molar-refractivity contribution in [3.63, 3.8) is 0 Å². The molecule has 2 aliphatic rings. The number of pyridine rings is 3. The summed E-state index contributed by atoms with van der Waals surface area (Å²) in [5, 5.41) is 0.288. The summed E-state index contributed by atoms with van der Waals surface area (Å²) in [5.41, 5.74) is 8.81. The molecule has 0 amide bonds. The third kappa shape index (κ3) is 5.20. The van der Waals surface area contributed by atoms with Crippen LogP contribution in [0.4, 0.5) is 15.9 Å². The van der Waals surface area contributed by atoms with Gasteiger partial charge in [-0.2, -0.15) is 0 Å². The molecule has 1 fully saturated rings. The van der Waals surface area contributed by atoms with Crippen LogP contribution in [0.15, 0.2) is 53.7 Å². The molecule has 220 valence electrons. The summed E-state index contributed by atoms with van der Waals surface area (Å²) in [7, 11) is 3.00. The lowest BCUT2D eigenvalue weighted by Crippen LogP contribution is -2.48. The van der Waals surface area contributed by atoms with Crippen LogP contribution >= 0.6 is 0 Å². The number of benzene rings is 1. The zero-order valence-corrected chi connectivity index (χ0v) is 24.0. The average molecular weight is 575 g/mol. The molecule has 0 spiro atoms. The number of piperidine rings is 1. The molecule has 1 saturated heterocycles. The van der Waals surface area contributed by atoms with Gasteiger partial charge in [0, 0.05) is 56.2 Å². The lowest BCUT2D eigenvalue weighted by Gasteiger charge is -2.40. The molecule has 0 aliphatic carbocycles. The van der Waals surface area contributed by atoms with Gasteiger partial charge in [0.1, 0.15) is 12.4 Å². The first-order valence-corrected chi connectivity index (χ1v) is 14.1. The highest BCUT2D eigenvalue weighted by Gasteiger charge is 2.30. The Labute approximate surface area is 243 Å². The largest absolute Gasteiger partial charge is 0.490 e. The first-order chi connectivity index (χ1) is 20.4. The first-order valence-electron chi connectivity index (χ1n) is 14.1. The zero-order valence-electron chi connectivity index (χ0n) is 24.0. The Morgan fingerprint density at radius 3 is 2.79 bits per heavy atom. The third-order valence-corrected chi connectivity index (χ3v) is 8.22. The van der Waals surface area contributed by atoms with Gasteiger partial charge in [0.15, 0.2) is 22.7 Å². The number of hydrogen-bond acceptors (Lipinski definition) is 9. The minimum Gasteiger partial charge on any atom is -0.490 e. The fourth-order valence-electron chi connectivity index (χ4n) is 6.06. The Balaban J connectivity index is 1.40. The van der Waals surface area contributed by atoms with E-state index in [1.165, 1.54) is 13.2 Å². The second-order valence-corrected chi connectivity index (χ2v) is 11.0. The average Bonchev–Trinajstić information content (AvgIpc) is 3.01. The quantitative estimate of drug-likeness (QED) is 0.332. The van der Waals surface area contributed by atoms with Gasteiger partial charge in [0.2, 0.25) is 5.88 Å². The van der Waals surface area contributed by atoms with Crippen molar-refractivity contribution >= 4 is 22.4 Å². The topological polar surface area (TPSA) is 108 Å². The van der Waals surface area contributed by atoms with Gasteiger partial charge in [0.25, 0.3) is 0 Å². The molecule has 42 heavy (non-hydrogen) atoms. The number of ether oxygens (including phenoxy) is 3. The minimum absolute atomic E-state index is 0.0167. The van der Waals surface area contributed by atoms with E-state index in [0.717, 1.165) is 37.2 Å². The predicted molar refractivity (Wildman–Crippen MR) is 159 cm³/mol. The molecule has 4 aromatic rings. The van der Waals surface area contributed by atoms with Crippen molar-refractivity contribution in [1.29, 1.82) is 0 Å². The number of anilines is 2. The molecule has 10 nitrogen and oxygen atoms in total. The number of halogens is 1. The highest BCUT2D eigenvalue weighted by molar-refractivity contribution is 5.89. The van der Waals surface area contributed by atoms with E-state index >= 15 is 4.39 Å². The fraction of sp³-hybridized carbons (Fsp3) is 0.387. The zero-order chi connectivity index (χ0) is 29.4. The minimum atomic E-state index is -0.615. The van der Waals surface area contributed by atoms with E-state index in [1.54, 1.807) is 19.5 Å². The van der Waals surface area contributed by atoms with Crippen molar-refractivity contribution in [2.45, 2.75) is 44.9 Å². The number of aromatic nitrogens is 3. The van der Waals surface area contributed by atoms with Gasteiger partial charge in [-0.1, -0.05) is 0 Å². The van der Waals surface area contributed by atoms with Gasteiger partial charge in [0.05, 0.1) is 43.0 Å². The van der Waals surface area contributed by atoms with E-state index in [1.807, 2.05) is 42.0 Å². The first kappa shape index (κ1) is 27.8. The second kappa shape index (κ2) is 11.5. The van der Waals surface area contributed by atoms with Gasteiger partial charge >= 0.3 is 0 Å². The molecule has 2 N–H and O–H groups in total. The van der Waals surface area contributed by atoms with Crippen molar-refractivity contribution in [3.8, 4) is 17.4 Å². The summed E-state index contributed by atoms with van der Waals surface area (Å²) in [6.07, 6.45) is 7.39. The fourth-order valence-corrected chi connectivity index (χ4v) is 6.06. The summed E-state index contributed by atoms with van der Waals surface area (Å²) in [4.78, 5) is 27.1. The molecule has 2 aliphatic heterocycles. The number of nitrogens with two attached hydrogens (primary N) is 1. The maximum absolute atomic E-state index is 15.1. The van der Waals surface area contributed by atoms with Crippen LogP contribution in [0.2, 0.25) is 0 Å². The van der Waals surface area contributed by atoms with Crippen molar-refractivity contribution in [3.05, 3.63) is 76.1 Å². The van der Waals surface area contributed by atoms with E-state index in [0.29, 0.717) is 42.5 Å². The van der Waals surface area contributed by atoms with Crippen molar-refractivity contribution in [1.82, 2.24) is 19.4 Å². The molecule has 3 aromatic heterocycles. The number of nitrogen functional groups attached to an aromatic ring is 1. The highest BCUT2D eigenvalue weighted by Crippen LogP contribution is 2.41. The maximum Gasteiger partial charge on any atom is 0.213 e. The van der Waals surface area contributed by atoms with Gasteiger partial charge < -0.3 is 29.4 Å². The smallest absolute Gasteiger partial charge is 0.213 e. The third-order valence-electron chi connectivity index (χ3n) is 8.22. The predicted octanol–water partition coefficient (Wildman–Crippen LogP) is 4.15. The van der Waals surface area contributed by atoms with E-state index < -0.39 is 5.82 Å². The van der Waals surface area contributed by atoms with Crippen LogP contribution < -0.4 is 30.3 Å². The summed E-state index contributed by atoms with van der Waals surface area (Å²) in [6.45, 7) is 4.99. The molecular weight excluding hydrogens is 539 g/mol. The molecule has 2 atom stereocenters. The SMILES string of the molecule is COc1cc(CN(Cc2cn3c4c(c(OC)c(F)cc4c2=O)OCC3C)C2CCCN(c3ccc(N)nc3)C2)ccn1. The second-order valence-electron chi connectivity index (χ2n) is 11.0. The molecule has 2 unspecified atom stereocenters. The lowest BCUT2D eigenvalue weighted by atomic mass is 10.0. The molecule has 11 heteroatoms. The highest BCUT2D eigenvalue weighted by atomic mass is 19.1. The van der Waals surface area contributed by atoms with E-state index in [9.17, 15) is 4.79 Å². The van der Waals surface area contributed by atoms with E-state index in [2.05, 4.69) is 19.8 Å². The number of rotatable bonds is 8. The Kier molecular flexibility index (Phi) is 7.59. The molecule has 5 heterocycles. The van der Waals surface area contributed by atoms with Crippen LogP contribution in [0.25, 0.3) is 10.9 Å². The van der Waals surface area contributed by atoms with E-state index in [-0.39, 0.29) is 34.4 Å². The molecular formula is C31H35FN6O4. The Hall–Kier alpha value is -4.38. The molecule has 0 radical (unpaired) electrons. The monoisotopic (exact) mass is 574 g/mol. The summed E-state index contributed by atoms with van der Waals surface area (Å²) >= 11 is 0. The van der Waals surface area contributed by atoms with Crippen molar-refractivity contribution in [2.24, 2.45) is 0 Å². The standard InChI is InChI=1S/C31H35FN6O4/c1-19-18-42-31-28-24(12-25(32)30(31)41-3)29(39)21(16-38(19)28)15-37(14-20-8-9-34-27(11-20)40-2)23-5-4-10-36(17-23)22-6-7-26(33)35-13-22/h6-9,11-13,16,19,23H,4-5,10,14-15,17-18H2,1-3H3,(H2,33,35). The Morgan fingerprint density at radius 1 is 1.17 bits per heavy atom. The number of nitrogens with zero attached hydrogens (tertiary/aromatic N) is 5. The summed E-state index contributed by atoms with van der Waals surface area (Å²) < 4.78 is 33.6. The van der Waals surface area contributed by atoms with Gasteiger partial charge in [-0.15, -0.1) is 0 Å². The van der Waals surface area contributed by atoms with Gasteiger partial charge in [-0.05, 0) is 49.6 Å². The van der Waals surface area contributed by atoms with Crippen LogP contribution in [0.3, 0.4) is 0 Å². The lowest BCUT2D eigenvalue weighted by molar-refractivity contribution is 0.157. The van der Waals surface area contributed by atoms with Crippen LogP contribution in [0.5, 0.6) is 17.4 Å².